The quantitative estimate of drug-likeness (QED) is 0.825. The third kappa shape index (κ3) is 3.57. The Morgan fingerprint density at radius 2 is 1.81 bits per heavy atom. The van der Waals surface area contributed by atoms with Gasteiger partial charge in [-0.2, -0.15) is 0 Å². The van der Waals surface area contributed by atoms with Gasteiger partial charge < -0.3 is 4.90 Å². The lowest BCUT2D eigenvalue weighted by Crippen LogP contribution is -2.26. The molecule has 0 aromatic heterocycles. The second-order valence-electron chi connectivity index (χ2n) is 6.67. The molecular formula is C20H20N2O3S. The smallest absolute Gasteiger partial charge is 0.251 e. The van der Waals surface area contributed by atoms with Gasteiger partial charge in [-0.25, -0.2) is 13.1 Å². The minimum absolute atomic E-state index is 0.0675. The predicted molar refractivity (Wildman–Crippen MR) is 101 cm³/mol. The molecule has 1 heterocycles. The molecule has 0 spiro atoms. The van der Waals surface area contributed by atoms with Gasteiger partial charge in [-0.3, -0.25) is 4.79 Å². The van der Waals surface area contributed by atoms with Gasteiger partial charge in [0.15, 0.2) is 0 Å². The molecular weight excluding hydrogens is 348 g/mol. The van der Waals surface area contributed by atoms with E-state index < -0.39 is 10.0 Å². The molecule has 2 aromatic carbocycles. The summed E-state index contributed by atoms with van der Waals surface area (Å²) >= 11 is 0. The van der Waals surface area contributed by atoms with Gasteiger partial charge in [0.05, 0.1) is 4.90 Å². The standard InChI is InChI=1S/C20H20N2O3S/c23-20(22-14-13-16-3-1-2-4-19(16)22)12-7-15-5-10-18(11-6-15)26(24,25)21-17-8-9-17/h1-7,10-12,17,21H,8-9,13-14H2/b12-7+. The van der Waals surface area contributed by atoms with E-state index in [0.717, 1.165) is 30.5 Å². The van der Waals surface area contributed by atoms with Crippen LogP contribution in [0.25, 0.3) is 6.08 Å². The van der Waals surface area contributed by atoms with E-state index in [9.17, 15) is 13.2 Å². The van der Waals surface area contributed by atoms with Gasteiger partial charge in [-0.1, -0.05) is 30.3 Å². The normalized spacial score (nSPS) is 16.8. The molecule has 1 N–H and O–H groups in total. The molecule has 6 heteroatoms. The van der Waals surface area contributed by atoms with E-state index >= 15 is 0 Å². The number of nitrogens with zero attached hydrogens (tertiary/aromatic N) is 1. The number of anilines is 1. The number of hydrogen-bond donors (Lipinski definition) is 1. The second-order valence-corrected chi connectivity index (χ2v) is 8.38. The molecule has 0 atom stereocenters. The molecule has 1 amide bonds. The number of carbonyl (C=O) groups excluding carboxylic acids is 1. The average molecular weight is 368 g/mol. The van der Waals surface area contributed by atoms with E-state index in [2.05, 4.69) is 4.72 Å². The number of para-hydroxylation sites is 1. The molecule has 4 rings (SSSR count). The predicted octanol–water partition coefficient (Wildman–Crippen LogP) is 2.73. The van der Waals surface area contributed by atoms with Gasteiger partial charge in [-0.15, -0.1) is 0 Å². The Balaban J connectivity index is 1.45. The molecule has 26 heavy (non-hydrogen) atoms. The molecule has 1 aliphatic carbocycles. The summed E-state index contributed by atoms with van der Waals surface area (Å²) in [5.41, 5.74) is 2.94. The zero-order chi connectivity index (χ0) is 18.1. The summed E-state index contributed by atoms with van der Waals surface area (Å²) in [5.74, 6) is -0.0675. The first-order chi connectivity index (χ1) is 12.5. The van der Waals surface area contributed by atoms with Crippen LogP contribution in [0, 0.1) is 0 Å². The molecule has 2 aliphatic rings. The third-order valence-electron chi connectivity index (χ3n) is 4.66. The first kappa shape index (κ1) is 17.0. The third-order valence-corrected chi connectivity index (χ3v) is 6.20. The fraction of sp³-hybridized carbons (Fsp3) is 0.250. The lowest BCUT2D eigenvalue weighted by atomic mass is 10.2. The maximum Gasteiger partial charge on any atom is 0.251 e. The van der Waals surface area contributed by atoms with Crippen LogP contribution >= 0.6 is 0 Å². The van der Waals surface area contributed by atoms with E-state index in [4.69, 9.17) is 0 Å². The summed E-state index contributed by atoms with van der Waals surface area (Å²) in [6.45, 7) is 0.687. The maximum atomic E-state index is 12.5. The van der Waals surface area contributed by atoms with Crippen molar-refractivity contribution >= 4 is 27.7 Å². The van der Waals surface area contributed by atoms with E-state index in [1.54, 1.807) is 35.2 Å². The van der Waals surface area contributed by atoms with Crippen molar-refractivity contribution in [2.24, 2.45) is 0 Å². The first-order valence-electron chi connectivity index (χ1n) is 8.73. The van der Waals surface area contributed by atoms with Crippen molar-refractivity contribution in [1.29, 1.82) is 0 Å². The Morgan fingerprint density at radius 1 is 1.08 bits per heavy atom. The Bertz CT molecular complexity index is 961. The van der Waals surface area contributed by atoms with Crippen LogP contribution in [0.15, 0.2) is 59.5 Å². The fourth-order valence-electron chi connectivity index (χ4n) is 3.07. The van der Waals surface area contributed by atoms with E-state index in [-0.39, 0.29) is 16.8 Å². The lowest BCUT2D eigenvalue weighted by molar-refractivity contribution is -0.114. The largest absolute Gasteiger partial charge is 0.308 e. The van der Waals surface area contributed by atoms with E-state index in [1.807, 2.05) is 24.3 Å². The van der Waals surface area contributed by atoms with Gasteiger partial charge in [0.1, 0.15) is 0 Å². The highest BCUT2D eigenvalue weighted by Crippen LogP contribution is 2.27. The number of hydrogen-bond acceptors (Lipinski definition) is 3. The molecule has 0 radical (unpaired) electrons. The number of carbonyl (C=O) groups is 1. The maximum absolute atomic E-state index is 12.5. The van der Waals surface area contributed by atoms with Crippen molar-refractivity contribution in [2.75, 3.05) is 11.4 Å². The van der Waals surface area contributed by atoms with Crippen LogP contribution in [0.1, 0.15) is 24.0 Å². The molecule has 1 saturated carbocycles. The number of amides is 1. The van der Waals surface area contributed by atoms with Gasteiger partial charge in [0, 0.05) is 24.4 Å². The zero-order valence-corrected chi connectivity index (χ0v) is 15.1. The summed E-state index contributed by atoms with van der Waals surface area (Å²) in [6, 6.07) is 14.6. The van der Waals surface area contributed by atoms with Crippen molar-refractivity contribution in [3.05, 3.63) is 65.7 Å². The SMILES string of the molecule is O=C(/C=C/c1ccc(S(=O)(=O)NC2CC2)cc1)N1CCc2ccccc21. The summed E-state index contributed by atoms with van der Waals surface area (Å²) in [4.78, 5) is 14.5. The number of fused-ring (bicyclic) bond motifs is 1. The van der Waals surface area contributed by atoms with Crippen molar-refractivity contribution in [2.45, 2.75) is 30.2 Å². The van der Waals surface area contributed by atoms with Crippen molar-refractivity contribution in [1.82, 2.24) is 4.72 Å². The highest BCUT2D eigenvalue weighted by Gasteiger charge is 2.27. The Labute approximate surface area is 153 Å². The van der Waals surface area contributed by atoms with Crippen LogP contribution < -0.4 is 9.62 Å². The molecule has 0 bridgehead atoms. The number of rotatable bonds is 5. The van der Waals surface area contributed by atoms with Gasteiger partial charge in [0.2, 0.25) is 10.0 Å². The minimum atomic E-state index is -3.44. The van der Waals surface area contributed by atoms with Gasteiger partial charge >= 0.3 is 0 Å². The monoisotopic (exact) mass is 368 g/mol. The van der Waals surface area contributed by atoms with Crippen LogP contribution in [0.5, 0.6) is 0 Å². The molecule has 2 aromatic rings. The second kappa shape index (κ2) is 6.70. The van der Waals surface area contributed by atoms with Crippen molar-refractivity contribution < 1.29 is 13.2 Å². The Morgan fingerprint density at radius 3 is 2.54 bits per heavy atom. The van der Waals surface area contributed by atoms with Crippen LogP contribution in [0.3, 0.4) is 0 Å². The topological polar surface area (TPSA) is 66.5 Å². The van der Waals surface area contributed by atoms with Crippen LogP contribution in [-0.2, 0) is 21.2 Å². The van der Waals surface area contributed by atoms with Crippen molar-refractivity contribution in [3.8, 4) is 0 Å². The number of nitrogens with one attached hydrogen (secondary N) is 1. The van der Waals surface area contributed by atoms with Gasteiger partial charge in [0.25, 0.3) is 5.91 Å². The summed E-state index contributed by atoms with van der Waals surface area (Å²) in [5, 5.41) is 0. The lowest BCUT2D eigenvalue weighted by Gasteiger charge is -2.14. The number of sulfonamides is 1. The van der Waals surface area contributed by atoms with Crippen LogP contribution in [-0.4, -0.2) is 26.9 Å². The van der Waals surface area contributed by atoms with Crippen LogP contribution in [0.2, 0.25) is 0 Å². The van der Waals surface area contributed by atoms with Crippen LogP contribution in [0.4, 0.5) is 5.69 Å². The fourth-order valence-corrected chi connectivity index (χ4v) is 4.38. The zero-order valence-electron chi connectivity index (χ0n) is 14.3. The molecule has 0 unspecified atom stereocenters. The highest BCUT2D eigenvalue weighted by molar-refractivity contribution is 7.89. The molecule has 134 valence electrons. The first-order valence-corrected chi connectivity index (χ1v) is 10.2. The highest BCUT2D eigenvalue weighted by atomic mass is 32.2. The summed E-state index contributed by atoms with van der Waals surface area (Å²) < 4.78 is 27.0. The minimum Gasteiger partial charge on any atom is -0.308 e. The Kier molecular flexibility index (Phi) is 4.38. The summed E-state index contributed by atoms with van der Waals surface area (Å²) in [6.07, 6.45) is 5.93. The molecule has 1 aliphatic heterocycles. The van der Waals surface area contributed by atoms with Gasteiger partial charge in [-0.05, 0) is 54.7 Å². The van der Waals surface area contributed by atoms with E-state index in [1.165, 1.54) is 11.6 Å². The summed E-state index contributed by atoms with van der Waals surface area (Å²) in [7, 11) is -3.44. The Hall–Kier alpha value is -2.44. The average Bonchev–Trinajstić information content (AvgIpc) is 3.34. The number of benzene rings is 2. The molecule has 0 saturated heterocycles. The van der Waals surface area contributed by atoms with E-state index in [0.29, 0.717) is 6.54 Å². The molecule has 1 fully saturated rings. The molecule has 5 nitrogen and oxygen atoms in total. The van der Waals surface area contributed by atoms with Crippen molar-refractivity contribution in [3.63, 3.8) is 0 Å².